The lowest BCUT2D eigenvalue weighted by molar-refractivity contribution is -0.141. The number of hydrogen-bond donors (Lipinski definition) is 2. The summed E-state index contributed by atoms with van der Waals surface area (Å²) in [5.41, 5.74) is 1.66. The molecule has 2 amide bonds. The normalized spacial score (nSPS) is 24.7. The SMILES string of the molecule is CCC1[C@@H](Oc2nc3ccccc3nc2CCCCC[C@@H]2CCCC2C)CN(C(=O)[C@@H](NC(=O)O)C(C)(C)C)[C@@H]1C(C)=O. The molecule has 0 radical (unpaired) electrons. The molecule has 2 aliphatic rings. The summed E-state index contributed by atoms with van der Waals surface area (Å²) in [6, 6.07) is 6.02. The number of rotatable bonds is 12. The molecule has 2 fully saturated rings. The lowest BCUT2D eigenvalue weighted by Crippen LogP contribution is -2.56. The third-order valence-corrected chi connectivity index (χ3v) is 9.54. The van der Waals surface area contributed by atoms with E-state index in [0.717, 1.165) is 47.8 Å². The van der Waals surface area contributed by atoms with Gasteiger partial charge >= 0.3 is 6.09 Å². The summed E-state index contributed by atoms with van der Waals surface area (Å²) in [6.45, 7) is 11.4. The van der Waals surface area contributed by atoms with E-state index in [0.29, 0.717) is 12.3 Å². The summed E-state index contributed by atoms with van der Waals surface area (Å²) in [4.78, 5) is 49.7. The number of carbonyl (C=O) groups excluding carboxylic acids is 2. The molecule has 0 bridgehead atoms. The van der Waals surface area contributed by atoms with Gasteiger partial charge in [-0.05, 0) is 55.6 Å². The van der Waals surface area contributed by atoms with Crippen molar-refractivity contribution in [1.82, 2.24) is 20.2 Å². The molecule has 0 spiro atoms. The van der Waals surface area contributed by atoms with Gasteiger partial charge in [0.1, 0.15) is 17.8 Å². The van der Waals surface area contributed by atoms with Crippen LogP contribution in [0.15, 0.2) is 24.3 Å². The molecule has 1 saturated carbocycles. The summed E-state index contributed by atoms with van der Waals surface area (Å²) >= 11 is 0. The van der Waals surface area contributed by atoms with E-state index in [1.54, 1.807) is 20.8 Å². The number of carbonyl (C=O) groups is 3. The van der Waals surface area contributed by atoms with Crippen molar-refractivity contribution in [1.29, 1.82) is 0 Å². The van der Waals surface area contributed by atoms with Gasteiger partial charge in [0.05, 0.1) is 23.6 Å². The first-order chi connectivity index (χ1) is 20.4. The van der Waals surface area contributed by atoms with Crippen LogP contribution in [0.4, 0.5) is 4.79 Å². The molecule has 1 aliphatic heterocycles. The van der Waals surface area contributed by atoms with Crippen LogP contribution in [0.2, 0.25) is 0 Å². The zero-order valence-corrected chi connectivity index (χ0v) is 26.8. The number of benzene rings is 1. The first-order valence-corrected chi connectivity index (χ1v) is 16.1. The largest absolute Gasteiger partial charge is 0.471 e. The highest BCUT2D eigenvalue weighted by Crippen LogP contribution is 2.36. The maximum atomic E-state index is 13.8. The van der Waals surface area contributed by atoms with Crippen molar-refractivity contribution in [3.05, 3.63) is 30.0 Å². The van der Waals surface area contributed by atoms with E-state index in [1.165, 1.54) is 43.9 Å². The van der Waals surface area contributed by atoms with E-state index in [2.05, 4.69) is 12.2 Å². The average molecular weight is 595 g/mol. The molecule has 6 atom stereocenters. The van der Waals surface area contributed by atoms with Gasteiger partial charge < -0.3 is 20.1 Å². The molecule has 2 unspecified atom stereocenters. The first kappa shape index (κ1) is 32.7. The third-order valence-electron chi connectivity index (χ3n) is 9.54. The van der Waals surface area contributed by atoms with Gasteiger partial charge in [-0.15, -0.1) is 0 Å². The van der Waals surface area contributed by atoms with Crippen molar-refractivity contribution < 1.29 is 24.2 Å². The monoisotopic (exact) mass is 594 g/mol. The summed E-state index contributed by atoms with van der Waals surface area (Å²) in [6.07, 6.45) is 8.29. The Kier molecular flexibility index (Phi) is 10.7. The summed E-state index contributed by atoms with van der Waals surface area (Å²) in [5, 5.41) is 11.8. The van der Waals surface area contributed by atoms with Gasteiger partial charge in [0.15, 0.2) is 5.78 Å². The molecule has 1 aliphatic carbocycles. The van der Waals surface area contributed by atoms with Crippen LogP contribution < -0.4 is 10.1 Å². The fourth-order valence-corrected chi connectivity index (χ4v) is 7.12. The highest BCUT2D eigenvalue weighted by Gasteiger charge is 2.50. The summed E-state index contributed by atoms with van der Waals surface area (Å²) in [5.74, 6) is 1.33. The minimum atomic E-state index is -1.28. The Balaban J connectivity index is 1.55. The number of hydrogen-bond acceptors (Lipinski definition) is 6. The molecule has 236 valence electrons. The minimum absolute atomic E-state index is 0.143. The van der Waals surface area contributed by atoms with E-state index >= 15 is 0 Å². The van der Waals surface area contributed by atoms with Crippen molar-refractivity contribution in [2.45, 2.75) is 118 Å². The standard InChI is InChI=1S/C34H50N4O5/c1-7-24-28(20-38(29(24)22(3)39)32(40)30(34(4,5)6)37-33(41)42)43-31-27(35-25-17-11-12-18-26(25)36-31)19-10-8-9-15-23-16-13-14-21(23)2/h11-12,17-18,21,23-24,28-30,37H,7-10,13-16,19-20H2,1-6H3,(H,41,42)/t21?,23-,24?,28+,29-,30-/m1/s1. The van der Waals surface area contributed by atoms with E-state index in [9.17, 15) is 19.5 Å². The van der Waals surface area contributed by atoms with Gasteiger partial charge in [-0.2, -0.15) is 0 Å². The van der Waals surface area contributed by atoms with Gasteiger partial charge in [-0.25, -0.2) is 14.8 Å². The fraction of sp³-hybridized carbons (Fsp3) is 0.676. The van der Waals surface area contributed by atoms with Crippen LogP contribution in [0.5, 0.6) is 5.88 Å². The second kappa shape index (κ2) is 14.0. The fourth-order valence-electron chi connectivity index (χ4n) is 7.12. The Labute approximate surface area is 256 Å². The Morgan fingerprint density at radius 1 is 1.09 bits per heavy atom. The number of aryl methyl sites for hydroxylation is 1. The predicted octanol–water partition coefficient (Wildman–Crippen LogP) is 6.42. The maximum Gasteiger partial charge on any atom is 0.405 e. The first-order valence-electron chi connectivity index (χ1n) is 16.1. The molecule has 4 rings (SSSR count). The number of ether oxygens (including phenoxy) is 1. The third kappa shape index (κ3) is 7.84. The number of para-hydroxylation sites is 2. The summed E-state index contributed by atoms with van der Waals surface area (Å²) < 4.78 is 6.62. The van der Waals surface area contributed by atoms with Crippen LogP contribution >= 0.6 is 0 Å². The molecule has 2 N–H and O–H groups in total. The Morgan fingerprint density at radius 2 is 1.79 bits per heavy atom. The van der Waals surface area contributed by atoms with Gasteiger partial charge in [0.25, 0.3) is 0 Å². The van der Waals surface area contributed by atoms with Crippen molar-refractivity contribution in [3.63, 3.8) is 0 Å². The van der Waals surface area contributed by atoms with E-state index < -0.39 is 35.6 Å². The van der Waals surface area contributed by atoms with E-state index in [-0.39, 0.29) is 18.2 Å². The molecular weight excluding hydrogens is 544 g/mol. The number of nitrogens with one attached hydrogen (secondary N) is 1. The quantitative estimate of drug-likeness (QED) is 0.272. The molecule has 1 saturated heterocycles. The molecule has 9 nitrogen and oxygen atoms in total. The van der Waals surface area contributed by atoms with Crippen molar-refractivity contribution in [2.75, 3.05) is 6.54 Å². The zero-order valence-electron chi connectivity index (χ0n) is 26.8. The number of likely N-dealkylation sites (tertiary alicyclic amines) is 1. The highest BCUT2D eigenvalue weighted by atomic mass is 16.5. The van der Waals surface area contributed by atoms with Gasteiger partial charge in [0.2, 0.25) is 11.8 Å². The number of Topliss-reactive ketones (excluding diaryl/α,β-unsaturated/α-hetero) is 1. The molecule has 1 aromatic heterocycles. The topological polar surface area (TPSA) is 122 Å². The van der Waals surface area contributed by atoms with E-state index in [4.69, 9.17) is 14.7 Å². The lowest BCUT2D eigenvalue weighted by atomic mass is 9.85. The number of fused-ring (bicyclic) bond motifs is 1. The van der Waals surface area contributed by atoms with Crippen LogP contribution in [-0.4, -0.2) is 62.5 Å². The van der Waals surface area contributed by atoms with Crippen LogP contribution in [0, 0.1) is 23.2 Å². The predicted molar refractivity (Wildman–Crippen MR) is 167 cm³/mol. The number of amides is 2. The van der Waals surface area contributed by atoms with Gasteiger partial charge in [-0.1, -0.05) is 85.3 Å². The number of aromatic nitrogens is 2. The number of nitrogens with zero attached hydrogens (tertiary/aromatic N) is 3. The van der Waals surface area contributed by atoms with Crippen molar-refractivity contribution in [2.24, 2.45) is 23.2 Å². The molecule has 1 aromatic carbocycles. The Hall–Kier alpha value is -3.23. The molecular formula is C34H50N4O5. The van der Waals surface area contributed by atoms with Crippen LogP contribution in [0.3, 0.4) is 0 Å². The zero-order chi connectivity index (χ0) is 31.3. The molecule has 2 aromatic rings. The number of unbranched alkanes of at least 4 members (excludes halogenated alkanes) is 2. The highest BCUT2D eigenvalue weighted by molar-refractivity contribution is 5.92. The van der Waals surface area contributed by atoms with Gasteiger partial charge in [0, 0.05) is 5.92 Å². The number of ketones is 1. The van der Waals surface area contributed by atoms with Crippen molar-refractivity contribution >= 4 is 28.8 Å². The minimum Gasteiger partial charge on any atom is -0.471 e. The second-order valence-corrected chi connectivity index (χ2v) is 13.8. The molecule has 43 heavy (non-hydrogen) atoms. The maximum absolute atomic E-state index is 13.8. The van der Waals surface area contributed by atoms with E-state index in [1.807, 2.05) is 31.2 Å². The Bertz CT molecular complexity index is 1290. The Morgan fingerprint density at radius 3 is 2.37 bits per heavy atom. The average Bonchev–Trinajstić information content (AvgIpc) is 3.53. The van der Waals surface area contributed by atoms with Crippen molar-refractivity contribution in [3.8, 4) is 5.88 Å². The number of carboxylic acid groups (broad SMARTS) is 1. The van der Waals surface area contributed by atoms with Gasteiger partial charge in [-0.3, -0.25) is 9.59 Å². The second-order valence-electron chi connectivity index (χ2n) is 13.8. The lowest BCUT2D eigenvalue weighted by Gasteiger charge is -2.35. The van der Waals surface area contributed by atoms with Crippen LogP contribution in [0.1, 0.15) is 98.6 Å². The molecule has 2 heterocycles. The van der Waals surface area contributed by atoms with Crippen LogP contribution in [0.25, 0.3) is 11.0 Å². The van der Waals surface area contributed by atoms with Crippen LogP contribution in [-0.2, 0) is 16.0 Å². The molecule has 9 heteroatoms. The summed E-state index contributed by atoms with van der Waals surface area (Å²) in [7, 11) is 0. The smallest absolute Gasteiger partial charge is 0.405 e.